The first kappa shape index (κ1) is 20.2. The molecule has 0 atom stereocenters. The second-order valence-electron chi connectivity index (χ2n) is 3.84. The third-order valence-electron chi connectivity index (χ3n) is 2.60. The number of pyridine rings is 3. The van der Waals surface area contributed by atoms with E-state index in [-0.39, 0.29) is 17.1 Å². The third-order valence-corrected chi connectivity index (χ3v) is 2.60. The van der Waals surface area contributed by atoms with Crippen LogP contribution in [0.5, 0.6) is 0 Å². The van der Waals surface area contributed by atoms with Crippen LogP contribution < -0.4 is 11.2 Å². The molecule has 0 spiro atoms. The zero-order valence-electron chi connectivity index (χ0n) is 11.8. The SMILES string of the molecule is [Fe].[N]=O.[N]=O.c1ccc(-c2cccc(-c3ccccn3)n2)nc1. The topological polar surface area (TPSA) is 117 Å². The molecule has 116 valence electrons. The summed E-state index contributed by atoms with van der Waals surface area (Å²) in [6, 6.07) is 17.5. The Morgan fingerprint density at radius 2 is 0.957 bits per heavy atom. The fourth-order valence-corrected chi connectivity index (χ4v) is 1.75. The molecule has 0 saturated carbocycles. The van der Waals surface area contributed by atoms with E-state index in [2.05, 4.69) is 15.0 Å². The number of nitrogens with zero attached hydrogens (tertiary/aromatic N) is 5. The van der Waals surface area contributed by atoms with Gasteiger partial charge in [-0.25, -0.2) is 4.98 Å². The van der Waals surface area contributed by atoms with Crippen molar-refractivity contribution in [2.75, 3.05) is 0 Å². The number of nitroso groups, excluding NO2 is 2. The summed E-state index contributed by atoms with van der Waals surface area (Å²) in [4.78, 5) is 27.7. The standard InChI is InChI=1S/C15H11N3.Fe.2NO/c1-3-10-16-12(6-1)14-8-5-9-15(18-14)13-7-2-4-11-17-13;;2*1-2/h1-11H;;;. The van der Waals surface area contributed by atoms with E-state index in [0.29, 0.717) is 0 Å². The molecular weight excluding hydrogens is 338 g/mol. The van der Waals surface area contributed by atoms with Gasteiger partial charge in [0.15, 0.2) is 0 Å². The average Bonchev–Trinajstić information content (AvgIpc) is 2.67. The molecule has 7 nitrogen and oxygen atoms in total. The van der Waals surface area contributed by atoms with Gasteiger partial charge in [-0.3, -0.25) is 9.97 Å². The van der Waals surface area contributed by atoms with E-state index < -0.39 is 0 Å². The minimum absolute atomic E-state index is 0. The maximum Gasteiger partial charge on any atom is 0.120 e. The van der Waals surface area contributed by atoms with Gasteiger partial charge in [-0.2, -0.15) is 0 Å². The van der Waals surface area contributed by atoms with Crippen molar-refractivity contribution in [2.45, 2.75) is 0 Å². The smallest absolute Gasteiger partial charge is 0.120 e. The van der Waals surface area contributed by atoms with Gasteiger partial charge in [0.2, 0.25) is 0 Å². The molecule has 3 heterocycles. The largest absolute Gasteiger partial charge is 0.255 e. The van der Waals surface area contributed by atoms with Crippen LogP contribution in [0.15, 0.2) is 67.0 Å². The molecule has 0 aliphatic carbocycles. The van der Waals surface area contributed by atoms with E-state index in [0.717, 1.165) is 22.8 Å². The van der Waals surface area contributed by atoms with E-state index in [1.807, 2.05) is 54.6 Å². The number of aromatic nitrogens is 3. The third kappa shape index (κ3) is 5.82. The second-order valence-corrected chi connectivity index (χ2v) is 3.84. The zero-order chi connectivity index (χ0) is 16.2. The van der Waals surface area contributed by atoms with Crippen LogP contribution in [-0.4, -0.2) is 15.0 Å². The molecule has 0 aliphatic heterocycles. The van der Waals surface area contributed by atoms with Gasteiger partial charge in [0.05, 0.1) is 22.8 Å². The quantitative estimate of drug-likeness (QED) is 0.658. The van der Waals surface area contributed by atoms with Crippen LogP contribution in [0.2, 0.25) is 0 Å². The van der Waals surface area contributed by atoms with Crippen molar-refractivity contribution in [3.05, 3.63) is 76.8 Å². The van der Waals surface area contributed by atoms with Crippen LogP contribution in [0.4, 0.5) is 0 Å². The minimum Gasteiger partial charge on any atom is -0.255 e. The molecule has 3 aromatic rings. The zero-order valence-corrected chi connectivity index (χ0v) is 12.9. The van der Waals surface area contributed by atoms with Crippen LogP contribution in [0.1, 0.15) is 0 Å². The van der Waals surface area contributed by atoms with Gasteiger partial charge in [0.25, 0.3) is 0 Å². The Morgan fingerprint density at radius 3 is 1.30 bits per heavy atom. The van der Waals surface area contributed by atoms with Crippen molar-refractivity contribution >= 4 is 0 Å². The molecule has 23 heavy (non-hydrogen) atoms. The average molecular weight is 349 g/mol. The molecular formula is C15H11FeN5O2. The molecule has 0 saturated heterocycles. The monoisotopic (exact) mass is 349 g/mol. The molecule has 3 aromatic heterocycles. The Bertz CT molecular complexity index is 629. The molecule has 8 heteroatoms. The van der Waals surface area contributed by atoms with Crippen LogP contribution in [0.25, 0.3) is 22.8 Å². The Balaban J connectivity index is 0.000000901. The van der Waals surface area contributed by atoms with E-state index in [4.69, 9.17) is 21.0 Å². The molecule has 0 amide bonds. The molecule has 2 radical (unpaired) electrons. The molecule has 0 unspecified atom stereocenters. The Kier molecular flexibility index (Phi) is 10.3. The van der Waals surface area contributed by atoms with Crippen molar-refractivity contribution in [2.24, 2.45) is 0 Å². The van der Waals surface area contributed by atoms with Gasteiger partial charge >= 0.3 is 0 Å². The molecule has 0 aromatic carbocycles. The van der Waals surface area contributed by atoms with E-state index in [1.165, 1.54) is 0 Å². The molecule has 0 bridgehead atoms. The Hall–Kier alpha value is -2.83. The maximum absolute atomic E-state index is 7.25. The normalized spacial score (nSPS) is 8.35. The summed E-state index contributed by atoms with van der Waals surface area (Å²) >= 11 is 0. The summed E-state index contributed by atoms with van der Waals surface area (Å²) < 4.78 is 0. The van der Waals surface area contributed by atoms with Crippen molar-refractivity contribution in [1.82, 2.24) is 26.1 Å². The molecule has 3 rings (SSSR count). The summed E-state index contributed by atoms with van der Waals surface area (Å²) in [5.74, 6) is 0. The van der Waals surface area contributed by atoms with Gasteiger partial charge in [0, 0.05) is 29.5 Å². The van der Waals surface area contributed by atoms with Crippen molar-refractivity contribution in [3.8, 4) is 22.8 Å². The predicted molar refractivity (Wildman–Crippen MR) is 81.7 cm³/mol. The first-order valence-corrected chi connectivity index (χ1v) is 6.10. The first-order valence-electron chi connectivity index (χ1n) is 6.10. The minimum atomic E-state index is 0. The van der Waals surface area contributed by atoms with Gasteiger partial charge in [-0.1, -0.05) is 18.2 Å². The summed E-state index contributed by atoms with van der Waals surface area (Å²) in [7, 11) is 0. The number of hydrogen-bond acceptors (Lipinski definition) is 5. The fourth-order valence-electron chi connectivity index (χ4n) is 1.75. The van der Waals surface area contributed by atoms with E-state index >= 15 is 0 Å². The first-order chi connectivity index (χ1) is 10.9. The maximum atomic E-state index is 7.25. The van der Waals surface area contributed by atoms with Crippen molar-refractivity contribution in [1.29, 1.82) is 0 Å². The summed E-state index contributed by atoms with van der Waals surface area (Å²) in [5, 5.41) is 0. The number of rotatable bonds is 2. The second kappa shape index (κ2) is 11.8. The number of hydrogen-bond donors (Lipinski definition) is 0. The molecule has 0 aliphatic rings. The predicted octanol–water partition coefficient (Wildman–Crippen LogP) is 2.31. The molecule has 0 N–H and O–H groups in total. The summed E-state index contributed by atoms with van der Waals surface area (Å²) in [5.41, 5.74) is 15.0. The molecule has 0 fully saturated rings. The summed E-state index contributed by atoms with van der Waals surface area (Å²) in [6.45, 7) is 0. The van der Waals surface area contributed by atoms with Crippen molar-refractivity contribution in [3.63, 3.8) is 0 Å². The fraction of sp³-hybridized carbons (Fsp3) is 0. The van der Waals surface area contributed by atoms with Crippen molar-refractivity contribution < 1.29 is 17.1 Å². The Morgan fingerprint density at radius 1 is 0.565 bits per heavy atom. The summed E-state index contributed by atoms with van der Waals surface area (Å²) in [6.07, 6.45) is 3.54. The van der Waals surface area contributed by atoms with Gasteiger partial charge < -0.3 is 0 Å². The van der Waals surface area contributed by atoms with Gasteiger partial charge in [-0.15, -0.1) is 9.81 Å². The van der Waals surface area contributed by atoms with Crippen LogP contribution in [0, 0.1) is 9.81 Å². The Labute approximate surface area is 143 Å². The van der Waals surface area contributed by atoms with Gasteiger partial charge in [0.1, 0.15) is 11.2 Å². The van der Waals surface area contributed by atoms with Crippen LogP contribution in [-0.2, 0) is 17.1 Å². The van der Waals surface area contributed by atoms with E-state index in [9.17, 15) is 0 Å². The van der Waals surface area contributed by atoms with Gasteiger partial charge in [-0.05, 0) is 36.4 Å². The van der Waals surface area contributed by atoms with E-state index in [1.54, 1.807) is 12.4 Å². The van der Waals surface area contributed by atoms with Crippen LogP contribution >= 0.6 is 0 Å². The van der Waals surface area contributed by atoms with Crippen LogP contribution in [0.3, 0.4) is 0 Å².